The molecular weight excluding hydrogens is 220 g/mol. The molecule has 1 aliphatic rings. The van der Waals surface area contributed by atoms with Gasteiger partial charge in [-0.3, -0.25) is 4.98 Å². The lowest BCUT2D eigenvalue weighted by molar-refractivity contribution is 0.0690. The average molecular weight is 236 g/mol. The Balaban J connectivity index is 2.69. The predicted octanol–water partition coefficient (Wildman–Crippen LogP) is 1.56. The Kier molecular flexibility index (Phi) is 3.02. The first-order chi connectivity index (χ1) is 8.02. The lowest BCUT2D eigenvalue weighted by atomic mass is 9.95. The van der Waals surface area contributed by atoms with Crippen LogP contribution in [0.5, 0.6) is 0 Å². The third-order valence-electron chi connectivity index (χ3n) is 2.95. The van der Waals surface area contributed by atoms with Gasteiger partial charge < -0.3 is 15.6 Å². The van der Waals surface area contributed by atoms with Gasteiger partial charge in [-0.2, -0.15) is 0 Å². The maximum absolute atomic E-state index is 11.3. The first-order valence-electron chi connectivity index (χ1n) is 5.64. The van der Waals surface area contributed by atoms with E-state index in [1.54, 1.807) is 0 Å². The molecule has 0 radical (unpaired) electrons. The zero-order chi connectivity index (χ0) is 12.6. The number of nitrogen functional groups attached to an aromatic ring is 1. The van der Waals surface area contributed by atoms with Crippen LogP contribution in [0.25, 0.3) is 0 Å². The Morgan fingerprint density at radius 3 is 2.82 bits per heavy atom. The summed E-state index contributed by atoms with van der Waals surface area (Å²) in [7, 11) is 0. The highest BCUT2D eigenvalue weighted by Crippen LogP contribution is 2.30. The second-order valence-electron chi connectivity index (χ2n) is 4.47. The van der Waals surface area contributed by atoms with Crippen LogP contribution < -0.4 is 5.73 Å². The number of ether oxygens (including phenoxy) is 1. The zero-order valence-electron chi connectivity index (χ0n) is 9.99. The van der Waals surface area contributed by atoms with Gasteiger partial charge in [0.1, 0.15) is 0 Å². The summed E-state index contributed by atoms with van der Waals surface area (Å²) in [4.78, 5) is 15.8. The van der Waals surface area contributed by atoms with E-state index in [0.717, 1.165) is 5.56 Å². The van der Waals surface area contributed by atoms with Crippen molar-refractivity contribution in [2.75, 3.05) is 12.3 Å². The Labute approximate surface area is 99.6 Å². The molecule has 0 amide bonds. The molecule has 0 bridgehead atoms. The van der Waals surface area contributed by atoms with Crippen LogP contribution >= 0.6 is 0 Å². The number of carbonyl (C=O) groups is 1. The second kappa shape index (κ2) is 4.33. The maximum atomic E-state index is 11.3. The first-order valence-corrected chi connectivity index (χ1v) is 5.64. The Hall–Kier alpha value is -1.62. The fourth-order valence-corrected chi connectivity index (χ4v) is 2.12. The highest BCUT2D eigenvalue weighted by molar-refractivity contribution is 5.96. The number of pyridine rings is 1. The molecule has 0 spiro atoms. The molecule has 0 unspecified atom stereocenters. The van der Waals surface area contributed by atoms with Gasteiger partial charge in [0.2, 0.25) is 0 Å². The Morgan fingerprint density at radius 2 is 2.24 bits per heavy atom. The van der Waals surface area contributed by atoms with Gasteiger partial charge in [0.15, 0.2) is 0 Å². The standard InChI is InChI=1S/C12H16N2O3/c1-6(2)11-10(13)9(12(15)16)7-3-4-17-5-8(7)14-11/h6H,3-5,13H2,1-2H3,(H,15,16). The van der Waals surface area contributed by atoms with Crippen molar-refractivity contribution >= 4 is 11.7 Å². The summed E-state index contributed by atoms with van der Waals surface area (Å²) in [6.07, 6.45) is 0.562. The normalized spacial score (nSPS) is 14.8. The van der Waals surface area contributed by atoms with Crippen LogP contribution in [0.4, 0.5) is 5.69 Å². The molecular formula is C12H16N2O3. The summed E-state index contributed by atoms with van der Waals surface area (Å²) >= 11 is 0. The number of fused-ring (bicyclic) bond motifs is 1. The zero-order valence-corrected chi connectivity index (χ0v) is 9.99. The van der Waals surface area contributed by atoms with Crippen LogP contribution in [0.2, 0.25) is 0 Å². The number of nitrogens with two attached hydrogens (primary N) is 1. The molecule has 3 N–H and O–H groups in total. The van der Waals surface area contributed by atoms with Crippen LogP contribution in [0.3, 0.4) is 0 Å². The molecule has 5 heteroatoms. The first kappa shape index (κ1) is 11.9. The van der Waals surface area contributed by atoms with Gasteiger partial charge in [-0.1, -0.05) is 13.8 Å². The average Bonchev–Trinajstić information content (AvgIpc) is 2.27. The molecule has 1 aliphatic heterocycles. The maximum Gasteiger partial charge on any atom is 0.338 e. The number of hydrogen-bond acceptors (Lipinski definition) is 4. The van der Waals surface area contributed by atoms with Gasteiger partial charge in [-0.05, 0) is 17.9 Å². The van der Waals surface area contributed by atoms with Crippen LogP contribution in [0.15, 0.2) is 0 Å². The summed E-state index contributed by atoms with van der Waals surface area (Å²) in [5.74, 6) is -0.884. The number of carboxylic acid groups (broad SMARTS) is 1. The van der Waals surface area contributed by atoms with E-state index < -0.39 is 5.97 Å². The number of rotatable bonds is 2. The Bertz CT molecular complexity index is 469. The summed E-state index contributed by atoms with van der Waals surface area (Å²) in [5.41, 5.74) is 8.52. The fraction of sp³-hybridized carbons (Fsp3) is 0.500. The van der Waals surface area contributed by atoms with Gasteiger partial charge in [0, 0.05) is 0 Å². The van der Waals surface area contributed by atoms with Crippen LogP contribution in [-0.4, -0.2) is 22.7 Å². The lowest BCUT2D eigenvalue weighted by Gasteiger charge is -2.22. The number of nitrogens with zero attached hydrogens (tertiary/aromatic N) is 1. The van der Waals surface area contributed by atoms with Gasteiger partial charge in [-0.15, -0.1) is 0 Å². The van der Waals surface area contributed by atoms with Crippen molar-refractivity contribution in [1.82, 2.24) is 4.98 Å². The minimum Gasteiger partial charge on any atom is -0.478 e. The largest absolute Gasteiger partial charge is 0.478 e. The highest BCUT2D eigenvalue weighted by Gasteiger charge is 2.25. The van der Waals surface area contributed by atoms with E-state index in [1.807, 2.05) is 13.8 Å². The molecule has 0 aromatic carbocycles. The van der Waals surface area contributed by atoms with Crippen molar-refractivity contribution in [1.29, 1.82) is 0 Å². The van der Waals surface area contributed by atoms with E-state index in [0.29, 0.717) is 36.7 Å². The smallest absolute Gasteiger partial charge is 0.338 e. The van der Waals surface area contributed by atoms with Gasteiger partial charge in [-0.25, -0.2) is 4.79 Å². The molecule has 92 valence electrons. The molecule has 0 fully saturated rings. The molecule has 5 nitrogen and oxygen atoms in total. The van der Waals surface area contributed by atoms with Gasteiger partial charge in [0.05, 0.1) is 35.9 Å². The molecule has 2 rings (SSSR count). The predicted molar refractivity (Wildman–Crippen MR) is 63.1 cm³/mol. The summed E-state index contributed by atoms with van der Waals surface area (Å²) in [6, 6.07) is 0. The van der Waals surface area contributed by atoms with Crippen molar-refractivity contribution in [2.45, 2.75) is 32.8 Å². The van der Waals surface area contributed by atoms with E-state index in [1.165, 1.54) is 0 Å². The summed E-state index contributed by atoms with van der Waals surface area (Å²) in [6.45, 7) is 4.78. The van der Waals surface area contributed by atoms with Crippen LogP contribution in [-0.2, 0) is 17.8 Å². The number of aromatic carboxylic acids is 1. The van der Waals surface area contributed by atoms with Crippen LogP contribution in [0.1, 0.15) is 47.1 Å². The Morgan fingerprint density at radius 1 is 1.53 bits per heavy atom. The number of aromatic nitrogens is 1. The van der Waals surface area contributed by atoms with Crippen molar-refractivity contribution < 1.29 is 14.6 Å². The highest BCUT2D eigenvalue weighted by atomic mass is 16.5. The van der Waals surface area contributed by atoms with E-state index in [9.17, 15) is 9.90 Å². The topological polar surface area (TPSA) is 85.4 Å². The summed E-state index contributed by atoms with van der Waals surface area (Å²) in [5, 5.41) is 9.28. The van der Waals surface area contributed by atoms with Crippen molar-refractivity contribution in [2.24, 2.45) is 0 Å². The van der Waals surface area contributed by atoms with E-state index in [4.69, 9.17) is 10.5 Å². The van der Waals surface area contributed by atoms with E-state index in [2.05, 4.69) is 4.98 Å². The SMILES string of the molecule is CC(C)c1nc2c(c(C(=O)O)c1N)CCOC2. The van der Waals surface area contributed by atoms with Gasteiger partial charge >= 0.3 is 5.97 Å². The van der Waals surface area contributed by atoms with E-state index >= 15 is 0 Å². The van der Waals surface area contributed by atoms with Crippen molar-refractivity contribution in [3.8, 4) is 0 Å². The minimum absolute atomic E-state index is 0.0975. The monoisotopic (exact) mass is 236 g/mol. The minimum atomic E-state index is -0.982. The molecule has 17 heavy (non-hydrogen) atoms. The van der Waals surface area contributed by atoms with Crippen molar-refractivity contribution in [3.63, 3.8) is 0 Å². The molecule has 0 atom stereocenters. The second-order valence-corrected chi connectivity index (χ2v) is 4.47. The number of hydrogen-bond donors (Lipinski definition) is 2. The molecule has 1 aromatic rings. The molecule has 0 saturated heterocycles. The lowest BCUT2D eigenvalue weighted by Crippen LogP contribution is -2.20. The molecule has 0 aliphatic carbocycles. The molecule has 1 aromatic heterocycles. The number of carboxylic acids is 1. The third-order valence-corrected chi connectivity index (χ3v) is 2.95. The fourth-order valence-electron chi connectivity index (χ4n) is 2.12. The number of anilines is 1. The van der Waals surface area contributed by atoms with Crippen molar-refractivity contribution in [3.05, 3.63) is 22.5 Å². The molecule has 0 saturated carbocycles. The van der Waals surface area contributed by atoms with E-state index in [-0.39, 0.29) is 11.5 Å². The third kappa shape index (κ3) is 1.98. The van der Waals surface area contributed by atoms with Crippen LogP contribution in [0, 0.1) is 0 Å². The summed E-state index contributed by atoms with van der Waals surface area (Å²) < 4.78 is 5.31. The van der Waals surface area contributed by atoms with Gasteiger partial charge in [0.25, 0.3) is 0 Å². The quantitative estimate of drug-likeness (QED) is 0.813. The molecule has 2 heterocycles.